The van der Waals surface area contributed by atoms with Gasteiger partial charge in [0.2, 0.25) is 0 Å². The lowest BCUT2D eigenvalue weighted by atomic mass is 9.99. The van der Waals surface area contributed by atoms with Gasteiger partial charge in [-0.1, -0.05) is 42.5 Å². The van der Waals surface area contributed by atoms with Crippen LogP contribution in [0.2, 0.25) is 0 Å². The van der Waals surface area contributed by atoms with Gasteiger partial charge in [-0.05, 0) is 50.1 Å². The summed E-state index contributed by atoms with van der Waals surface area (Å²) in [5, 5.41) is 6.24. The summed E-state index contributed by atoms with van der Waals surface area (Å²) in [5.41, 5.74) is 1.30. The van der Waals surface area contributed by atoms with Gasteiger partial charge >= 0.3 is 0 Å². The summed E-state index contributed by atoms with van der Waals surface area (Å²) in [5.74, 6) is 0. The number of methoxy groups -OCH3 is 1. The van der Waals surface area contributed by atoms with E-state index in [1.165, 1.54) is 16.3 Å². The second-order valence-corrected chi connectivity index (χ2v) is 5.96. The van der Waals surface area contributed by atoms with Gasteiger partial charge in [0.25, 0.3) is 0 Å². The number of ether oxygens (including phenoxy) is 1. The molecule has 0 radical (unpaired) electrons. The quantitative estimate of drug-likeness (QED) is 0.845. The van der Waals surface area contributed by atoms with E-state index in [1.807, 2.05) is 0 Å². The molecule has 0 amide bonds. The minimum absolute atomic E-state index is 0.0640. The lowest BCUT2D eigenvalue weighted by Gasteiger charge is -2.24. The smallest absolute Gasteiger partial charge is 0.0634 e. The van der Waals surface area contributed by atoms with Crippen LogP contribution in [-0.2, 0) is 4.74 Å². The molecule has 0 aliphatic carbocycles. The third-order valence-corrected chi connectivity index (χ3v) is 4.02. The molecule has 0 saturated carbocycles. The van der Waals surface area contributed by atoms with E-state index >= 15 is 0 Å². The highest BCUT2D eigenvalue weighted by molar-refractivity contribution is 5.86. The van der Waals surface area contributed by atoms with Crippen LogP contribution in [0.3, 0.4) is 0 Å². The van der Waals surface area contributed by atoms with E-state index in [0.29, 0.717) is 6.04 Å². The van der Waals surface area contributed by atoms with Crippen molar-refractivity contribution in [3.63, 3.8) is 0 Å². The molecule has 2 aromatic rings. The van der Waals surface area contributed by atoms with Gasteiger partial charge in [-0.25, -0.2) is 0 Å². The summed E-state index contributed by atoms with van der Waals surface area (Å²) < 4.78 is 5.46. The molecule has 0 aromatic heterocycles. The van der Waals surface area contributed by atoms with Crippen LogP contribution in [0, 0.1) is 0 Å². The van der Waals surface area contributed by atoms with E-state index in [1.54, 1.807) is 7.11 Å². The molecular weight excluding hydrogens is 246 g/mol. The zero-order valence-corrected chi connectivity index (χ0v) is 12.9. The SMILES string of the molecule is COC(C)(C)CCNC(C)c1cccc2ccccc12. The maximum Gasteiger partial charge on any atom is 0.0634 e. The summed E-state index contributed by atoms with van der Waals surface area (Å²) in [6.07, 6.45) is 0.999. The lowest BCUT2D eigenvalue weighted by molar-refractivity contribution is 0.0154. The summed E-state index contributed by atoms with van der Waals surface area (Å²) in [6.45, 7) is 7.42. The molecule has 2 aromatic carbocycles. The standard InChI is InChI=1S/C18H25NO/c1-14(19-13-12-18(2,3)20-4)16-11-7-9-15-8-5-6-10-17(15)16/h5-11,14,19H,12-13H2,1-4H3. The van der Waals surface area contributed by atoms with Gasteiger partial charge in [0.15, 0.2) is 0 Å². The van der Waals surface area contributed by atoms with Crippen LogP contribution in [0.5, 0.6) is 0 Å². The minimum atomic E-state index is -0.0640. The monoisotopic (exact) mass is 271 g/mol. The molecular formula is C18H25NO. The highest BCUT2D eigenvalue weighted by atomic mass is 16.5. The van der Waals surface area contributed by atoms with Gasteiger partial charge in [0.1, 0.15) is 0 Å². The molecule has 20 heavy (non-hydrogen) atoms. The predicted octanol–water partition coefficient (Wildman–Crippen LogP) is 4.31. The van der Waals surface area contributed by atoms with Gasteiger partial charge < -0.3 is 10.1 Å². The van der Waals surface area contributed by atoms with Crippen molar-refractivity contribution in [1.29, 1.82) is 0 Å². The first kappa shape index (κ1) is 15.0. The molecule has 0 heterocycles. The zero-order valence-electron chi connectivity index (χ0n) is 12.9. The molecule has 2 rings (SSSR count). The molecule has 1 N–H and O–H groups in total. The summed E-state index contributed by atoms with van der Waals surface area (Å²) in [7, 11) is 1.77. The van der Waals surface area contributed by atoms with Crippen molar-refractivity contribution in [2.45, 2.75) is 38.8 Å². The number of nitrogens with one attached hydrogen (secondary N) is 1. The Balaban J connectivity index is 2.06. The van der Waals surface area contributed by atoms with E-state index in [4.69, 9.17) is 4.74 Å². The summed E-state index contributed by atoms with van der Waals surface area (Å²) in [6, 6.07) is 15.4. The molecule has 0 fully saturated rings. The number of fused-ring (bicyclic) bond motifs is 1. The maximum absolute atomic E-state index is 5.46. The minimum Gasteiger partial charge on any atom is -0.379 e. The van der Waals surface area contributed by atoms with Crippen molar-refractivity contribution in [2.24, 2.45) is 0 Å². The third kappa shape index (κ3) is 3.59. The first-order valence-electron chi connectivity index (χ1n) is 7.30. The van der Waals surface area contributed by atoms with Crippen LogP contribution in [-0.4, -0.2) is 19.3 Å². The largest absolute Gasteiger partial charge is 0.379 e. The summed E-state index contributed by atoms with van der Waals surface area (Å²) in [4.78, 5) is 0. The lowest BCUT2D eigenvalue weighted by Crippen LogP contribution is -2.30. The van der Waals surface area contributed by atoms with Crippen LogP contribution in [0.25, 0.3) is 10.8 Å². The Labute approximate surface area is 122 Å². The Kier molecular flexibility index (Phi) is 4.79. The zero-order chi connectivity index (χ0) is 14.6. The van der Waals surface area contributed by atoms with Crippen molar-refractivity contribution in [2.75, 3.05) is 13.7 Å². The number of rotatable bonds is 6. The van der Waals surface area contributed by atoms with Gasteiger partial charge in [-0.3, -0.25) is 0 Å². The average Bonchev–Trinajstić information content (AvgIpc) is 2.46. The number of hydrogen-bond donors (Lipinski definition) is 1. The Morgan fingerprint density at radius 2 is 1.80 bits per heavy atom. The van der Waals surface area contributed by atoms with Crippen molar-refractivity contribution >= 4 is 10.8 Å². The molecule has 0 aliphatic heterocycles. The van der Waals surface area contributed by atoms with Crippen LogP contribution in [0.15, 0.2) is 42.5 Å². The van der Waals surface area contributed by atoms with Gasteiger partial charge in [-0.2, -0.15) is 0 Å². The van der Waals surface area contributed by atoms with E-state index in [2.05, 4.69) is 68.6 Å². The van der Waals surface area contributed by atoms with E-state index < -0.39 is 0 Å². The molecule has 0 spiro atoms. The van der Waals surface area contributed by atoms with Gasteiger partial charge in [0, 0.05) is 13.2 Å². The van der Waals surface area contributed by atoms with Crippen molar-refractivity contribution < 1.29 is 4.74 Å². The fourth-order valence-electron chi connectivity index (χ4n) is 2.43. The summed E-state index contributed by atoms with van der Waals surface area (Å²) >= 11 is 0. The molecule has 0 bridgehead atoms. The molecule has 108 valence electrons. The predicted molar refractivity (Wildman–Crippen MR) is 86.1 cm³/mol. The molecule has 2 nitrogen and oxygen atoms in total. The molecule has 1 unspecified atom stereocenters. The Hall–Kier alpha value is -1.38. The van der Waals surface area contributed by atoms with E-state index in [9.17, 15) is 0 Å². The van der Waals surface area contributed by atoms with Crippen LogP contribution in [0.1, 0.15) is 38.8 Å². The highest BCUT2D eigenvalue weighted by Crippen LogP contribution is 2.24. The van der Waals surface area contributed by atoms with Crippen LogP contribution < -0.4 is 5.32 Å². The van der Waals surface area contributed by atoms with Crippen LogP contribution in [0.4, 0.5) is 0 Å². The molecule has 2 heteroatoms. The van der Waals surface area contributed by atoms with Crippen molar-refractivity contribution in [1.82, 2.24) is 5.32 Å². The third-order valence-electron chi connectivity index (χ3n) is 4.02. The topological polar surface area (TPSA) is 21.3 Å². The maximum atomic E-state index is 5.46. The number of benzene rings is 2. The van der Waals surface area contributed by atoms with Crippen LogP contribution >= 0.6 is 0 Å². The molecule has 1 atom stereocenters. The van der Waals surface area contributed by atoms with Gasteiger partial charge in [-0.15, -0.1) is 0 Å². The Bertz CT molecular complexity index is 557. The molecule has 0 saturated heterocycles. The highest BCUT2D eigenvalue weighted by Gasteiger charge is 2.16. The normalized spacial score (nSPS) is 13.6. The second kappa shape index (κ2) is 6.38. The van der Waals surface area contributed by atoms with E-state index in [0.717, 1.165) is 13.0 Å². The fraction of sp³-hybridized carbons (Fsp3) is 0.444. The Morgan fingerprint density at radius 3 is 2.55 bits per heavy atom. The molecule has 0 aliphatic rings. The van der Waals surface area contributed by atoms with E-state index in [-0.39, 0.29) is 5.60 Å². The van der Waals surface area contributed by atoms with Gasteiger partial charge in [0.05, 0.1) is 5.60 Å². The Morgan fingerprint density at radius 1 is 1.10 bits per heavy atom. The number of hydrogen-bond acceptors (Lipinski definition) is 2. The van der Waals surface area contributed by atoms with Crippen molar-refractivity contribution in [3.05, 3.63) is 48.0 Å². The first-order valence-corrected chi connectivity index (χ1v) is 7.30. The second-order valence-electron chi connectivity index (χ2n) is 5.96. The fourth-order valence-corrected chi connectivity index (χ4v) is 2.43. The average molecular weight is 271 g/mol. The van der Waals surface area contributed by atoms with Crippen molar-refractivity contribution in [3.8, 4) is 0 Å². The first-order chi connectivity index (χ1) is 9.53.